The van der Waals surface area contributed by atoms with Gasteiger partial charge >= 0.3 is 0 Å². The summed E-state index contributed by atoms with van der Waals surface area (Å²) in [6, 6.07) is 21.5. The molecule has 0 radical (unpaired) electrons. The molecule has 7 heteroatoms. The van der Waals surface area contributed by atoms with E-state index in [2.05, 4.69) is 10.3 Å². The third-order valence-electron chi connectivity index (χ3n) is 5.13. The molecule has 2 heterocycles. The Kier molecular flexibility index (Phi) is 6.69. The lowest BCUT2D eigenvalue weighted by molar-refractivity contribution is -0.122. The van der Waals surface area contributed by atoms with Crippen LogP contribution >= 0.6 is 0 Å². The Bertz CT molecular complexity index is 1300. The van der Waals surface area contributed by atoms with Crippen LogP contribution < -0.4 is 20.3 Å². The number of nitrogens with zero attached hydrogens (tertiary/aromatic N) is 2. The summed E-state index contributed by atoms with van der Waals surface area (Å²) in [6.07, 6.45) is 1.65. The summed E-state index contributed by atoms with van der Waals surface area (Å²) in [7, 11) is 0. The minimum atomic E-state index is -0.593. The lowest BCUT2D eigenvalue weighted by atomic mass is 10.2. The zero-order chi connectivity index (χ0) is 23.2. The largest absolute Gasteiger partial charge is 0.487 e. The Labute approximate surface area is 191 Å². The lowest BCUT2D eigenvalue weighted by Gasteiger charge is -2.17. The van der Waals surface area contributed by atoms with Crippen LogP contribution in [0, 0.1) is 6.92 Å². The fraction of sp³-hybridized carbons (Fsp3) is 0.192. The fourth-order valence-electron chi connectivity index (χ4n) is 3.38. The SMILES string of the molecule is CC[C@H](Oc1ccccc1)C(=O)Nc1ccc(OCc2cc(=O)n3cccc(C)c3n2)cc1. The Balaban J connectivity index is 1.37. The van der Waals surface area contributed by atoms with E-state index >= 15 is 0 Å². The average molecular weight is 444 g/mol. The molecule has 7 nitrogen and oxygen atoms in total. The second-order valence-electron chi connectivity index (χ2n) is 7.60. The van der Waals surface area contributed by atoms with Crippen molar-refractivity contribution in [1.29, 1.82) is 0 Å². The molecule has 168 valence electrons. The van der Waals surface area contributed by atoms with Gasteiger partial charge < -0.3 is 14.8 Å². The molecule has 0 fully saturated rings. The van der Waals surface area contributed by atoms with E-state index in [4.69, 9.17) is 9.47 Å². The van der Waals surface area contributed by atoms with Crippen molar-refractivity contribution in [3.63, 3.8) is 0 Å². The second-order valence-corrected chi connectivity index (χ2v) is 7.60. The van der Waals surface area contributed by atoms with Gasteiger partial charge in [-0.3, -0.25) is 14.0 Å². The van der Waals surface area contributed by atoms with E-state index in [1.807, 2.05) is 56.3 Å². The Morgan fingerprint density at radius 3 is 2.52 bits per heavy atom. The number of fused-ring (bicyclic) bond motifs is 1. The zero-order valence-corrected chi connectivity index (χ0v) is 18.5. The fourth-order valence-corrected chi connectivity index (χ4v) is 3.38. The van der Waals surface area contributed by atoms with E-state index in [-0.39, 0.29) is 18.1 Å². The number of pyridine rings is 1. The molecule has 0 aliphatic heterocycles. The van der Waals surface area contributed by atoms with E-state index in [9.17, 15) is 9.59 Å². The summed E-state index contributed by atoms with van der Waals surface area (Å²) >= 11 is 0. The molecule has 0 spiro atoms. The average Bonchev–Trinajstić information content (AvgIpc) is 2.83. The highest BCUT2D eigenvalue weighted by molar-refractivity contribution is 5.94. The molecule has 0 saturated heterocycles. The molecular formula is C26H25N3O4. The monoisotopic (exact) mass is 443 g/mol. The van der Waals surface area contributed by atoms with Crippen molar-refractivity contribution in [2.24, 2.45) is 0 Å². The first-order valence-electron chi connectivity index (χ1n) is 10.8. The molecule has 0 unspecified atom stereocenters. The first-order valence-corrected chi connectivity index (χ1v) is 10.8. The van der Waals surface area contributed by atoms with Gasteiger partial charge in [0.2, 0.25) is 0 Å². The molecule has 0 aliphatic carbocycles. The van der Waals surface area contributed by atoms with Gasteiger partial charge in [-0.1, -0.05) is 31.2 Å². The van der Waals surface area contributed by atoms with Crippen molar-refractivity contribution in [1.82, 2.24) is 9.38 Å². The van der Waals surface area contributed by atoms with Crippen LogP contribution in [0.4, 0.5) is 5.69 Å². The van der Waals surface area contributed by atoms with Crippen LogP contribution in [0.2, 0.25) is 0 Å². The number of hydrogen-bond donors (Lipinski definition) is 1. The third kappa shape index (κ3) is 5.38. The van der Waals surface area contributed by atoms with Gasteiger partial charge in [-0.2, -0.15) is 0 Å². The van der Waals surface area contributed by atoms with Gasteiger partial charge in [0.15, 0.2) is 6.10 Å². The van der Waals surface area contributed by atoms with Crippen molar-refractivity contribution in [3.05, 3.63) is 101 Å². The topological polar surface area (TPSA) is 81.9 Å². The smallest absolute Gasteiger partial charge is 0.265 e. The minimum absolute atomic E-state index is 0.149. The van der Waals surface area contributed by atoms with Gasteiger partial charge in [0.05, 0.1) is 5.69 Å². The first-order chi connectivity index (χ1) is 16.0. The molecule has 0 bridgehead atoms. The molecule has 33 heavy (non-hydrogen) atoms. The van der Waals surface area contributed by atoms with Crippen molar-refractivity contribution < 1.29 is 14.3 Å². The van der Waals surface area contributed by atoms with Crippen LogP contribution in [0.1, 0.15) is 24.6 Å². The zero-order valence-electron chi connectivity index (χ0n) is 18.5. The number of amides is 1. The third-order valence-corrected chi connectivity index (χ3v) is 5.13. The van der Waals surface area contributed by atoms with Gasteiger partial charge in [0, 0.05) is 18.0 Å². The molecule has 4 rings (SSSR count). The van der Waals surface area contributed by atoms with E-state index in [0.29, 0.717) is 34.9 Å². The molecule has 0 aliphatic rings. The van der Waals surface area contributed by atoms with E-state index in [1.165, 1.54) is 10.5 Å². The van der Waals surface area contributed by atoms with Gasteiger partial charge in [-0.15, -0.1) is 0 Å². The number of aryl methyl sites for hydroxylation is 1. The Morgan fingerprint density at radius 2 is 1.79 bits per heavy atom. The molecule has 2 aromatic carbocycles. The number of aromatic nitrogens is 2. The van der Waals surface area contributed by atoms with Crippen LogP contribution in [0.3, 0.4) is 0 Å². The number of ether oxygens (including phenoxy) is 2. The van der Waals surface area contributed by atoms with E-state index < -0.39 is 6.10 Å². The summed E-state index contributed by atoms with van der Waals surface area (Å²) in [5, 5.41) is 2.87. The number of carbonyl (C=O) groups is 1. The quantitative estimate of drug-likeness (QED) is 0.437. The maximum absolute atomic E-state index is 12.6. The number of nitrogens with one attached hydrogen (secondary N) is 1. The molecular weight excluding hydrogens is 418 g/mol. The summed E-state index contributed by atoms with van der Waals surface area (Å²) in [5.74, 6) is 1.04. The highest BCUT2D eigenvalue weighted by Gasteiger charge is 2.18. The summed E-state index contributed by atoms with van der Waals surface area (Å²) < 4.78 is 13.1. The van der Waals surface area contributed by atoms with Crippen molar-refractivity contribution >= 4 is 17.2 Å². The normalized spacial score (nSPS) is 11.7. The standard InChI is InChI=1S/C26H25N3O4/c1-3-23(33-22-9-5-4-6-10-22)26(31)28-19-11-13-21(14-12-19)32-17-20-16-24(30)29-15-7-8-18(2)25(29)27-20/h4-16,23H,3,17H2,1-2H3,(H,28,31)/t23-/m0/s1. The minimum Gasteiger partial charge on any atom is -0.487 e. The van der Waals surface area contributed by atoms with Gasteiger partial charge in [0.1, 0.15) is 23.8 Å². The van der Waals surface area contributed by atoms with E-state index in [1.54, 1.807) is 30.5 Å². The number of anilines is 1. The van der Waals surface area contributed by atoms with Crippen LogP contribution in [-0.4, -0.2) is 21.4 Å². The van der Waals surface area contributed by atoms with Crippen molar-refractivity contribution in [3.8, 4) is 11.5 Å². The number of para-hydroxylation sites is 1. The summed E-state index contributed by atoms with van der Waals surface area (Å²) in [4.78, 5) is 29.5. The predicted octanol–water partition coefficient (Wildman–Crippen LogP) is 4.38. The molecule has 1 atom stereocenters. The first kappa shape index (κ1) is 22.1. The van der Waals surface area contributed by atoms with Gasteiger partial charge in [-0.05, 0) is 61.4 Å². The second kappa shape index (κ2) is 9.99. The van der Waals surface area contributed by atoms with Crippen LogP contribution in [0.25, 0.3) is 5.65 Å². The molecule has 1 amide bonds. The Morgan fingerprint density at radius 1 is 1.03 bits per heavy atom. The maximum atomic E-state index is 12.6. The molecule has 4 aromatic rings. The molecule has 0 saturated carbocycles. The number of benzene rings is 2. The van der Waals surface area contributed by atoms with Crippen LogP contribution in [0.5, 0.6) is 11.5 Å². The highest BCUT2D eigenvalue weighted by atomic mass is 16.5. The summed E-state index contributed by atoms with van der Waals surface area (Å²) in [6.45, 7) is 3.97. The number of carbonyl (C=O) groups excluding carboxylic acids is 1. The van der Waals surface area contributed by atoms with Gasteiger partial charge in [-0.25, -0.2) is 4.98 Å². The molecule has 2 aromatic heterocycles. The van der Waals surface area contributed by atoms with Crippen molar-refractivity contribution in [2.75, 3.05) is 5.32 Å². The van der Waals surface area contributed by atoms with Crippen molar-refractivity contribution in [2.45, 2.75) is 33.0 Å². The van der Waals surface area contributed by atoms with Gasteiger partial charge in [0.25, 0.3) is 11.5 Å². The number of rotatable bonds is 8. The lowest BCUT2D eigenvalue weighted by Crippen LogP contribution is -2.32. The molecule has 1 N–H and O–H groups in total. The highest BCUT2D eigenvalue weighted by Crippen LogP contribution is 2.19. The Hall–Kier alpha value is -4.13. The predicted molar refractivity (Wildman–Crippen MR) is 127 cm³/mol. The van der Waals surface area contributed by atoms with Crippen LogP contribution in [-0.2, 0) is 11.4 Å². The summed E-state index contributed by atoms with van der Waals surface area (Å²) in [5.41, 5.74) is 2.57. The number of hydrogen-bond acceptors (Lipinski definition) is 5. The maximum Gasteiger partial charge on any atom is 0.265 e. The van der Waals surface area contributed by atoms with E-state index in [0.717, 1.165) is 5.56 Å². The van der Waals surface area contributed by atoms with Crippen LogP contribution in [0.15, 0.2) is 83.8 Å².